The fourth-order valence-corrected chi connectivity index (χ4v) is 5.02. The van der Waals surface area contributed by atoms with E-state index in [1.54, 1.807) is 0 Å². The van der Waals surface area contributed by atoms with Crippen LogP contribution in [0.25, 0.3) is 0 Å². The molecule has 0 aliphatic heterocycles. The Labute approximate surface area is 106 Å². The highest BCUT2D eigenvalue weighted by atomic mass is 16.1. The number of nitrogen functional groups attached to an aromatic ring is 1. The monoisotopic (exact) mass is 245 g/mol. The maximum Gasteiger partial charge on any atom is 0.287 e. The molecule has 3 N–H and O–H groups in total. The first-order valence-electron chi connectivity index (χ1n) is 7.06. The van der Waals surface area contributed by atoms with Crippen LogP contribution in [0.2, 0.25) is 0 Å². The van der Waals surface area contributed by atoms with Gasteiger partial charge in [0.25, 0.3) is 5.56 Å². The van der Waals surface area contributed by atoms with Gasteiger partial charge in [-0.2, -0.15) is 5.10 Å². The second kappa shape index (κ2) is 3.59. The van der Waals surface area contributed by atoms with Crippen molar-refractivity contribution in [1.82, 2.24) is 10.2 Å². The summed E-state index contributed by atoms with van der Waals surface area (Å²) in [6.07, 6.45) is 6.90. The Balaban J connectivity index is 1.72. The van der Waals surface area contributed by atoms with Gasteiger partial charge in [-0.15, -0.1) is 0 Å². The molecule has 1 aromatic rings. The summed E-state index contributed by atoms with van der Waals surface area (Å²) in [5, 5.41) is 6.81. The molecule has 0 radical (unpaired) electrons. The summed E-state index contributed by atoms with van der Waals surface area (Å²) in [4.78, 5) is 11.3. The van der Waals surface area contributed by atoms with Crippen molar-refractivity contribution in [3.05, 3.63) is 22.1 Å². The molecule has 4 aliphatic carbocycles. The number of H-pyrrole nitrogens is 1. The average Bonchev–Trinajstić information content (AvgIpc) is 2.32. The number of hydrogen-bond donors (Lipinski definition) is 2. The Kier molecular flexibility index (Phi) is 2.11. The number of aromatic nitrogens is 2. The van der Waals surface area contributed by atoms with Crippen molar-refractivity contribution in [3.63, 3.8) is 0 Å². The average molecular weight is 245 g/mol. The number of aromatic amines is 1. The van der Waals surface area contributed by atoms with Crippen LogP contribution in [0, 0.1) is 23.7 Å². The van der Waals surface area contributed by atoms with E-state index in [4.69, 9.17) is 5.73 Å². The molecule has 4 bridgehead atoms. The molecule has 0 atom stereocenters. The zero-order chi connectivity index (χ0) is 12.3. The van der Waals surface area contributed by atoms with Crippen LogP contribution in [0.1, 0.15) is 43.7 Å². The molecule has 4 nitrogen and oxygen atoms in total. The number of nitrogens with zero attached hydrogens (tertiary/aromatic N) is 1. The fraction of sp³-hybridized carbons (Fsp3) is 0.714. The molecule has 0 amide bonds. The van der Waals surface area contributed by atoms with Crippen molar-refractivity contribution in [3.8, 4) is 0 Å². The molecule has 1 heterocycles. The smallest absolute Gasteiger partial charge is 0.287 e. The molecular formula is C14H19N3O. The Morgan fingerprint density at radius 2 is 1.72 bits per heavy atom. The summed E-state index contributed by atoms with van der Waals surface area (Å²) in [7, 11) is 0. The van der Waals surface area contributed by atoms with Crippen LogP contribution in [0.4, 0.5) is 5.69 Å². The third kappa shape index (κ3) is 1.44. The van der Waals surface area contributed by atoms with Crippen LogP contribution in [0.5, 0.6) is 0 Å². The number of anilines is 1. The van der Waals surface area contributed by atoms with Gasteiger partial charge in [0.15, 0.2) is 0 Å². The minimum atomic E-state index is -0.262. The van der Waals surface area contributed by atoms with Crippen LogP contribution < -0.4 is 11.3 Å². The van der Waals surface area contributed by atoms with Gasteiger partial charge in [0, 0.05) is 5.92 Å². The molecule has 0 spiro atoms. The predicted octanol–water partition coefficient (Wildman–Crippen LogP) is 1.89. The van der Waals surface area contributed by atoms with Crippen LogP contribution in [0.15, 0.2) is 10.9 Å². The molecule has 4 saturated carbocycles. The van der Waals surface area contributed by atoms with Crippen molar-refractivity contribution in [2.45, 2.75) is 38.0 Å². The summed E-state index contributed by atoms with van der Waals surface area (Å²) in [5.41, 5.74) is 6.81. The minimum absolute atomic E-state index is 0.262. The molecule has 0 saturated heterocycles. The number of rotatable bonds is 1. The topological polar surface area (TPSA) is 71.8 Å². The van der Waals surface area contributed by atoms with Crippen LogP contribution in [-0.2, 0) is 0 Å². The molecule has 96 valence electrons. The van der Waals surface area contributed by atoms with Gasteiger partial charge in [0.2, 0.25) is 0 Å². The molecule has 0 unspecified atom stereocenters. The third-order valence-electron chi connectivity index (χ3n) is 5.42. The second-order valence-corrected chi connectivity index (χ2v) is 6.53. The molecule has 5 rings (SSSR count). The van der Waals surface area contributed by atoms with Gasteiger partial charge < -0.3 is 5.73 Å². The quantitative estimate of drug-likeness (QED) is 0.793. The Morgan fingerprint density at radius 3 is 2.28 bits per heavy atom. The number of nitrogens with two attached hydrogens (primary N) is 1. The first kappa shape index (κ1) is 10.6. The summed E-state index contributed by atoms with van der Waals surface area (Å²) in [6.45, 7) is 0. The van der Waals surface area contributed by atoms with Crippen LogP contribution >= 0.6 is 0 Å². The number of hydrogen-bond acceptors (Lipinski definition) is 3. The maximum absolute atomic E-state index is 11.3. The van der Waals surface area contributed by atoms with Gasteiger partial charge in [-0.3, -0.25) is 4.79 Å². The highest BCUT2D eigenvalue weighted by Crippen LogP contribution is 2.59. The second-order valence-electron chi connectivity index (χ2n) is 6.53. The predicted molar refractivity (Wildman–Crippen MR) is 69.1 cm³/mol. The van der Waals surface area contributed by atoms with Gasteiger partial charge in [-0.25, -0.2) is 5.10 Å². The first-order valence-corrected chi connectivity index (χ1v) is 7.06. The van der Waals surface area contributed by atoms with E-state index in [1.165, 1.54) is 32.1 Å². The maximum atomic E-state index is 11.3. The summed E-state index contributed by atoms with van der Waals surface area (Å²) in [6, 6.07) is 1.81. The molecule has 4 heteroatoms. The van der Waals surface area contributed by atoms with Crippen LogP contribution in [0.3, 0.4) is 0 Å². The molecule has 0 aromatic carbocycles. The zero-order valence-electron chi connectivity index (χ0n) is 10.4. The Bertz CT molecular complexity index is 508. The van der Waals surface area contributed by atoms with Crippen molar-refractivity contribution in [1.29, 1.82) is 0 Å². The molecule has 1 aromatic heterocycles. The lowest BCUT2D eigenvalue weighted by atomic mass is 9.51. The SMILES string of the molecule is Nc1cc(C2C3CC4CC(C3)CC2C4)n[nH]c1=O. The summed E-state index contributed by atoms with van der Waals surface area (Å²) >= 11 is 0. The zero-order valence-corrected chi connectivity index (χ0v) is 10.4. The molecule has 4 fully saturated rings. The van der Waals surface area contributed by atoms with E-state index < -0.39 is 0 Å². The molecular weight excluding hydrogens is 226 g/mol. The minimum Gasteiger partial charge on any atom is -0.394 e. The van der Waals surface area contributed by atoms with Gasteiger partial charge >= 0.3 is 0 Å². The standard InChI is InChI=1S/C14H19N3O/c15-11-6-12(16-17-14(11)18)13-9-2-7-1-8(4-9)5-10(13)3-7/h6-10,13H,1-5H2,(H2,15,16)(H,17,18). The summed E-state index contributed by atoms with van der Waals surface area (Å²) in [5.74, 6) is 4.02. The van der Waals surface area contributed by atoms with Crippen molar-refractivity contribution in [2.75, 3.05) is 5.73 Å². The Morgan fingerprint density at radius 1 is 1.11 bits per heavy atom. The highest BCUT2D eigenvalue weighted by Gasteiger charge is 2.49. The van der Waals surface area contributed by atoms with E-state index in [1.807, 2.05) is 6.07 Å². The van der Waals surface area contributed by atoms with Crippen molar-refractivity contribution in [2.24, 2.45) is 23.7 Å². The van der Waals surface area contributed by atoms with E-state index >= 15 is 0 Å². The van der Waals surface area contributed by atoms with Crippen LogP contribution in [-0.4, -0.2) is 10.2 Å². The number of nitrogens with one attached hydrogen (secondary N) is 1. The lowest BCUT2D eigenvalue weighted by Gasteiger charge is -2.54. The Hall–Kier alpha value is -1.32. The third-order valence-corrected chi connectivity index (χ3v) is 5.42. The van der Waals surface area contributed by atoms with Gasteiger partial charge in [0.05, 0.1) is 5.69 Å². The van der Waals surface area contributed by atoms with Gasteiger partial charge in [-0.1, -0.05) is 0 Å². The van der Waals surface area contributed by atoms with E-state index in [-0.39, 0.29) is 5.56 Å². The first-order chi connectivity index (χ1) is 8.70. The molecule has 18 heavy (non-hydrogen) atoms. The van der Waals surface area contributed by atoms with Crippen molar-refractivity contribution < 1.29 is 0 Å². The fourth-order valence-electron chi connectivity index (χ4n) is 5.02. The lowest BCUT2D eigenvalue weighted by molar-refractivity contribution is -0.00442. The van der Waals surface area contributed by atoms with Crippen molar-refractivity contribution >= 4 is 5.69 Å². The largest absolute Gasteiger partial charge is 0.394 e. The lowest BCUT2D eigenvalue weighted by Crippen LogP contribution is -2.44. The highest BCUT2D eigenvalue weighted by molar-refractivity contribution is 5.36. The van der Waals surface area contributed by atoms with E-state index in [0.29, 0.717) is 11.6 Å². The molecule has 4 aliphatic rings. The van der Waals surface area contributed by atoms with Gasteiger partial charge in [-0.05, 0) is 61.8 Å². The summed E-state index contributed by atoms with van der Waals surface area (Å²) < 4.78 is 0. The van der Waals surface area contributed by atoms with E-state index in [2.05, 4.69) is 10.2 Å². The van der Waals surface area contributed by atoms with E-state index in [9.17, 15) is 4.79 Å². The van der Waals surface area contributed by atoms with Gasteiger partial charge in [0.1, 0.15) is 5.69 Å². The normalized spacial score (nSPS) is 41.2. The van der Waals surface area contributed by atoms with E-state index in [0.717, 1.165) is 29.4 Å².